The summed E-state index contributed by atoms with van der Waals surface area (Å²) >= 11 is 0. The molecular weight excluding hydrogens is 290 g/mol. The van der Waals surface area contributed by atoms with Crippen LogP contribution in [-0.2, 0) is 19.3 Å². The van der Waals surface area contributed by atoms with Crippen molar-refractivity contribution in [2.75, 3.05) is 11.9 Å². The number of aryl methyl sites for hydroxylation is 2. The lowest BCUT2D eigenvalue weighted by atomic mass is 9.79. The number of hydrogen-bond acceptors (Lipinski definition) is 1. The maximum absolute atomic E-state index is 4.02. The number of benzene rings is 2. The molecule has 2 aromatic carbocycles. The van der Waals surface area contributed by atoms with Crippen LogP contribution < -0.4 is 5.32 Å². The van der Waals surface area contributed by atoms with Crippen LogP contribution in [0.3, 0.4) is 0 Å². The molecule has 0 aliphatic heterocycles. The normalized spacial score (nSPS) is 16.3. The quantitative estimate of drug-likeness (QED) is 0.676. The Morgan fingerprint density at radius 2 is 2.00 bits per heavy atom. The van der Waals surface area contributed by atoms with E-state index in [9.17, 15) is 0 Å². The lowest BCUT2D eigenvalue weighted by Gasteiger charge is -2.27. The average molecular weight is 317 g/mol. The Labute approximate surface area is 146 Å². The Balaban J connectivity index is 1.87. The van der Waals surface area contributed by atoms with Crippen molar-refractivity contribution in [3.8, 4) is 0 Å². The number of nitrogens with one attached hydrogen (secondary N) is 1. The zero-order chi connectivity index (χ0) is 16.9. The maximum atomic E-state index is 4.02. The zero-order valence-corrected chi connectivity index (χ0v) is 14.6. The van der Waals surface area contributed by atoms with Gasteiger partial charge in [0.1, 0.15) is 0 Å². The predicted octanol–water partition coefficient (Wildman–Crippen LogP) is 5.68. The Morgan fingerprint density at radius 1 is 1.21 bits per heavy atom. The molecule has 0 spiro atoms. The van der Waals surface area contributed by atoms with Gasteiger partial charge < -0.3 is 5.32 Å². The first-order chi connectivity index (χ1) is 11.7. The lowest BCUT2D eigenvalue weighted by molar-refractivity contribution is 0.586. The van der Waals surface area contributed by atoms with Gasteiger partial charge in [-0.15, -0.1) is 0 Å². The van der Waals surface area contributed by atoms with E-state index in [-0.39, 0.29) is 0 Å². The summed E-state index contributed by atoms with van der Waals surface area (Å²) in [7, 11) is 0. The van der Waals surface area contributed by atoms with Crippen molar-refractivity contribution in [2.45, 2.75) is 38.5 Å². The van der Waals surface area contributed by atoms with Crippen molar-refractivity contribution in [1.82, 2.24) is 0 Å². The third kappa shape index (κ3) is 3.62. The Bertz CT molecular complexity index is 741. The molecule has 0 bridgehead atoms. The molecule has 2 aromatic rings. The molecule has 0 saturated heterocycles. The highest BCUT2D eigenvalue weighted by atomic mass is 14.9. The highest BCUT2D eigenvalue weighted by Gasteiger charge is 2.22. The van der Waals surface area contributed by atoms with Crippen LogP contribution in [0.15, 0.2) is 67.3 Å². The van der Waals surface area contributed by atoms with E-state index in [0.717, 1.165) is 25.0 Å². The fraction of sp³-hybridized carbons (Fsp3) is 0.304. The van der Waals surface area contributed by atoms with Gasteiger partial charge in [0.05, 0.1) is 0 Å². The maximum Gasteiger partial charge on any atom is 0.0394 e. The molecular formula is C23H27N. The fourth-order valence-electron chi connectivity index (χ4n) is 3.58. The van der Waals surface area contributed by atoms with Crippen molar-refractivity contribution in [3.05, 3.63) is 89.5 Å². The molecule has 1 unspecified atom stereocenters. The molecule has 1 atom stereocenters. The van der Waals surface area contributed by atoms with Gasteiger partial charge in [0.25, 0.3) is 0 Å². The minimum Gasteiger partial charge on any atom is -0.381 e. The fourth-order valence-corrected chi connectivity index (χ4v) is 3.58. The summed E-state index contributed by atoms with van der Waals surface area (Å²) in [6.45, 7) is 10.8. The van der Waals surface area contributed by atoms with Gasteiger partial charge in [0, 0.05) is 12.2 Å². The summed E-state index contributed by atoms with van der Waals surface area (Å²) in [5.74, 6) is 0.588. The van der Waals surface area contributed by atoms with Gasteiger partial charge in [0.2, 0.25) is 0 Å². The van der Waals surface area contributed by atoms with E-state index in [1.807, 2.05) is 6.08 Å². The van der Waals surface area contributed by atoms with Gasteiger partial charge in [-0.05, 0) is 65.5 Å². The molecule has 0 aromatic heterocycles. The van der Waals surface area contributed by atoms with E-state index in [4.69, 9.17) is 0 Å². The second-order valence-electron chi connectivity index (χ2n) is 6.70. The smallest absolute Gasteiger partial charge is 0.0394 e. The summed E-state index contributed by atoms with van der Waals surface area (Å²) in [5.41, 5.74) is 8.14. The van der Waals surface area contributed by atoms with Gasteiger partial charge in [-0.1, -0.05) is 62.6 Å². The van der Waals surface area contributed by atoms with Crippen molar-refractivity contribution in [2.24, 2.45) is 0 Å². The molecule has 0 radical (unpaired) electrons. The molecule has 0 saturated carbocycles. The van der Waals surface area contributed by atoms with Crippen LogP contribution >= 0.6 is 0 Å². The van der Waals surface area contributed by atoms with E-state index in [1.165, 1.54) is 40.8 Å². The predicted molar refractivity (Wildman–Crippen MR) is 105 cm³/mol. The first-order valence-electron chi connectivity index (χ1n) is 8.95. The van der Waals surface area contributed by atoms with Crippen LogP contribution in [0.1, 0.15) is 41.5 Å². The summed E-state index contributed by atoms with van der Waals surface area (Å²) in [6, 6.07) is 15.8. The van der Waals surface area contributed by atoms with Crippen LogP contribution in [-0.4, -0.2) is 6.54 Å². The number of fused-ring (bicyclic) bond motifs is 1. The molecule has 1 N–H and O–H groups in total. The Kier molecular flexibility index (Phi) is 5.20. The minimum absolute atomic E-state index is 0.588. The molecule has 0 fully saturated rings. The average Bonchev–Trinajstić information content (AvgIpc) is 2.65. The topological polar surface area (TPSA) is 12.0 Å². The van der Waals surface area contributed by atoms with Crippen molar-refractivity contribution < 1.29 is 0 Å². The van der Waals surface area contributed by atoms with Gasteiger partial charge >= 0.3 is 0 Å². The molecule has 1 aliphatic carbocycles. The van der Waals surface area contributed by atoms with Gasteiger partial charge in [-0.3, -0.25) is 0 Å². The molecule has 24 heavy (non-hydrogen) atoms. The van der Waals surface area contributed by atoms with Crippen LogP contribution in [0.25, 0.3) is 0 Å². The third-order valence-corrected chi connectivity index (χ3v) is 5.11. The van der Waals surface area contributed by atoms with Crippen LogP contribution in [0.5, 0.6) is 0 Å². The first kappa shape index (κ1) is 16.6. The molecule has 124 valence electrons. The standard InChI is InChI=1S/C23H27N/c1-4-17(3)16-24-23-14-18(5-2)10-13-22(23)21-12-11-19-8-6-7-9-20(19)15-21/h4,6-10,13-14,21,24H,1,3,5,11-12,15-16H2,2H3. The summed E-state index contributed by atoms with van der Waals surface area (Å²) in [5, 5.41) is 3.59. The number of rotatable bonds is 6. The molecule has 1 aliphatic rings. The number of hydrogen-bond donors (Lipinski definition) is 1. The van der Waals surface area contributed by atoms with Crippen molar-refractivity contribution in [3.63, 3.8) is 0 Å². The van der Waals surface area contributed by atoms with E-state index in [1.54, 1.807) is 0 Å². The van der Waals surface area contributed by atoms with E-state index in [0.29, 0.717) is 5.92 Å². The van der Waals surface area contributed by atoms with Crippen LogP contribution in [0, 0.1) is 0 Å². The second kappa shape index (κ2) is 7.53. The number of anilines is 1. The summed E-state index contributed by atoms with van der Waals surface area (Å²) in [6.07, 6.45) is 6.42. The highest BCUT2D eigenvalue weighted by molar-refractivity contribution is 5.56. The van der Waals surface area contributed by atoms with Gasteiger partial charge in [-0.2, -0.15) is 0 Å². The minimum atomic E-state index is 0.588. The molecule has 1 nitrogen and oxygen atoms in total. The van der Waals surface area contributed by atoms with E-state index < -0.39 is 0 Å². The van der Waals surface area contributed by atoms with Crippen LogP contribution in [0.2, 0.25) is 0 Å². The van der Waals surface area contributed by atoms with Crippen molar-refractivity contribution >= 4 is 5.69 Å². The van der Waals surface area contributed by atoms with Crippen molar-refractivity contribution in [1.29, 1.82) is 0 Å². The molecule has 1 heteroatoms. The first-order valence-corrected chi connectivity index (χ1v) is 8.95. The summed E-state index contributed by atoms with van der Waals surface area (Å²) < 4.78 is 0. The monoisotopic (exact) mass is 317 g/mol. The third-order valence-electron chi connectivity index (χ3n) is 5.11. The molecule has 0 heterocycles. The summed E-state index contributed by atoms with van der Waals surface area (Å²) in [4.78, 5) is 0. The molecule has 0 amide bonds. The second-order valence-corrected chi connectivity index (χ2v) is 6.70. The lowest BCUT2D eigenvalue weighted by Crippen LogP contribution is -2.15. The van der Waals surface area contributed by atoms with E-state index in [2.05, 4.69) is 67.9 Å². The SMILES string of the molecule is C=CC(=C)CNc1cc(CC)ccc1C1CCc2ccccc2C1. The van der Waals surface area contributed by atoms with Crippen LogP contribution in [0.4, 0.5) is 5.69 Å². The van der Waals surface area contributed by atoms with Gasteiger partial charge in [-0.25, -0.2) is 0 Å². The largest absolute Gasteiger partial charge is 0.381 e. The van der Waals surface area contributed by atoms with Gasteiger partial charge in [0.15, 0.2) is 0 Å². The Hall–Kier alpha value is -2.28. The highest BCUT2D eigenvalue weighted by Crippen LogP contribution is 2.36. The Morgan fingerprint density at radius 3 is 2.75 bits per heavy atom. The van der Waals surface area contributed by atoms with E-state index >= 15 is 0 Å². The molecule has 3 rings (SSSR count). The zero-order valence-electron chi connectivity index (χ0n) is 14.6.